The van der Waals surface area contributed by atoms with E-state index in [1.165, 1.54) is 103 Å². The fourth-order valence-corrected chi connectivity index (χ4v) is 10.7. The Bertz CT molecular complexity index is 1550. The molecule has 0 aromatic carbocycles. The Labute approximate surface area is 486 Å². The minimum Gasteiger partial charge on any atom is -0.462 e. The summed E-state index contributed by atoms with van der Waals surface area (Å²) in [5, 5.41) is 10.5. The highest BCUT2D eigenvalue weighted by Gasteiger charge is 2.30. The summed E-state index contributed by atoms with van der Waals surface area (Å²) in [6.07, 6.45) is 40.8. The molecule has 0 heterocycles. The molecule has 0 aliphatic rings. The van der Waals surface area contributed by atoms with E-state index in [2.05, 4.69) is 27.7 Å². The maximum absolute atomic E-state index is 12.9. The zero-order valence-electron chi connectivity index (χ0n) is 51.0. The van der Waals surface area contributed by atoms with Crippen molar-refractivity contribution in [1.82, 2.24) is 0 Å². The Morgan fingerprint density at radius 3 is 0.738 bits per heavy atom. The summed E-state index contributed by atoms with van der Waals surface area (Å²) in [5.41, 5.74) is 0. The standard InChI is InChI=1S/C61H118O17P2/c1-5-9-13-17-21-22-23-24-25-26-27-28-29-30-31-32-36-40-44-48-61(66)78-57(52-72-59(64)46-42-38-34-19-15-11-7-3)54-76-80(69,70)74-50-55(62)49-73-79(67,68)75-53-56(77-60(65)47-43-39-35-20-16-12-8-4)51-71-58(63)45-41-37-33-18-14-10-6-2/h55-57,62H,5-54H2,1-4H3,(H,67,68)(H,69,70)/t55-,56+,57+/m0/s1. The largest absolute Gasteiger partial charge is 0.472 e. The van der Waals surface area contributed by atoms with E-state index >= 15 is 0 Å². The lowest BCUT2D eigenvalue weighted by molar-refractivity contribution is -0.161. The number of esters is 4. The normalized spacial score (nSPS) is 14.2. The number of unbranched alkanes of at least 4 members (excludes halogenated alkanes) is 36. The van der Waals surface area contributed by atoms with Crippen LogP contribution in [0.25, 0.3) is 0 Å². The monoisotopic (exact) mass is 1180 g/mol. The topological polar surface area (TPSA) is 237 Å². The maximum atomic E-state index is 12.9. The molecular formula is C61H118O17P2. The third-order valence-electron chi connectivity index (χ3n) is 14.1. The Morgan fingerprint density at radius 1 is 0.300 bits per heavy atom. The second kappa shape index (κ2) is 56.2. The Kier molecular flexibility index (Phi) is 54.8. The quantitative estimate of drug-likeness (QED) is 0.0222. The van der Waals surface area contributed by atoms with Crippen molar-refractivity contribution in [2.24, 2.45) is 0 Å². The van der Waals surface area contributed by atoms with E-state index < -0.39 is 97.5 Å². The van der Waals surface area contributed by atoms with Crippen molar-refractivity contribution in [3.05, 3.63) is 0 Å². The van der Waals surface area contributed by atoms with E-state index in [1.54, 1.807) is 0 Å². The summed E-state index contributed by atoms with van der Waals surface area (Å²) in [5.74, 6) is -2.15. The van der Waals surface area contributed by atoms with Crippen LogP contribution in [0.1, 0.15) is 310 Å². The van der Waals surface area contributed by atoms with Gasteiger partial charge in [0.1, 0.15) is 19.3 Å². The van der Waals surface area contributed by atoms with Crippen LogP contribution in [0.2, 0.25) is 0 Å². The summed E-state index contributed by atoms with van der Waals surface area (Å²) in [6.45, 7) is 4.75. The number of hydrogen-bond acceptors (Lipinski definition) is 15. The van der Waals surface area contributed by atoms with Crippen LogP contribution in [0, 0.1) is 0 Å². The molecule has 0 aliphatic carbocycles. The first-order valence-electron chi connectivity index (χ1n) is 32.3. The number of phosphoric ester groups is 2. The predicted octanol–water partition coefficient (Wildman–Crippen LogP) is 16.8. The molecule has 0 saturated heterocycles. The molecule has 0 radical (unpaired) electrons. The average Bonchev–Trinajstić information content (AvgIpc) is 3.43. The molecule has 0 amide bonds. The van der Waals surface area contributed by atoms with E-state index in [0.29, 0.717) is 25.7 Å². The number of phosphoric acid groups is 2. The highest BCUT2D eigenvalue weighted by atomic mass is 31.2. The van der Waals surface area contributed by atoms with Gasteiger partial charge in [-0.2, -0.15) is 0 Å². The minimum absolute atomic E-state index is 0.104. The molecule has 0 fully saturated rings. The van der Waals surface area contributed by atoms with Crippen LogP contribution in [0.15, 0.2) is 0 Å². The van der Waals surface area contributed by atoms with Crippen molar-refractivity contribution < 1.29 is 80.2 Å². The van der Waals surface area contributed by atoms with Gasteiger partial charge >= 0.3 is 39.5 Å². The molecule has 0 aromatic rings. The van der Waals surface area contributed by atoms with Gasteiger partial charge in [0.05, 0.1) is 26.4 Å². The van der Waals surface area contributed by atoms with Gasteiger partial charge in [0.25, 0.3) is 0 Å². The number of hydrogen-bond donors (Lipinski definition) is 3. The molecule has 5 atom stereocenters. The lowest BCUT2D eigenvalue weighted by Crippen LogP contribution is -2.30. The molecule has 2 unspecified atom stereocenters. The van der Waals surface area contributed by atoms with E-state index in [0.717, 1.165) is 128 Å². The number of carbonyl (C=O) groups excluding carboxylic acids is 4. The molecule has 0 aliphatic heterocycles. The summed E-state index contributed by atoms with van der Waals surface area (Å²) in [6, 6.07) is 0. The van der Waals surface area contributed by atoms with E-state index in [4.69, 9.17) is 37.0 Å². The first-order valence-corrected chi connectivity index (χ1v) is 35.3. The van der Waals surface area contributed by atoms with E-state index in [-0.39, 0.29) is 25.7 Å². The number of ether oxygens (including phenoxy) is 4. The molecule has 0 rings (SSSR count). The minimum atomic E-state index is -4.93. The number of aliphatic hydroxyl groups is 1. The van der Waals surface area contributed by atoms with Crippen molar-refractivity contribution in [2.45, 2.75) is 329 Å². The lowest BCUT2D eigenvalue weighted by atomic mass is 10.0. The lowest BCUT2D eigenvalue weighted by Gasteiger charge is -2.21. The Balaban J connectivity index is 5.05. The molecule has 0 bridgehead atoms. The predicted molar refractivity (Wildman–Crippen MR) is 317 cm³/mol. The third-order valence-corrected chi connectivity index (χ3v) is 16.0. The van der Waals surface area contributed by atoms with Gasteiger partial charge in [-0.25, -0.2) is 9.13 Å². The molecule has 0 spiro atoms. The second-order valence-corrected chi connectivity index (χ2v) is 25.0. The number of rotatable bonds is 62. The van der Waals surface area contributed by atoms with Crippen molar-refractivity contribution >= 4 is 39.5 Å². The van der Waals surface area contributed by atoms with E-state index in [1.807, 2.05) is 0 Å². The van der Waals surface area contributed by atoms with Gasteiger partial charge in [-0.15, -0.1) is 0 Å². The molecular weight excluding hydrogens is 1070 g/mol. The summed E-state index contributed by atoms with van der Waals surface area (Å²) >= 11 is 0. The van der Waals surface area contributed by atoms with E-state index in [9.17, 15) is 43.2 Å². The van der Waals surface area contributed by atoms with Crippen LogP contribution in [-0.2, 0) is 65.4 Å². The fraction of sp³-hybridized carbons (Fsp3) is 0.934. The van der Waals surface area contributed by atoms with Crippen molar-refractivity contribution in [1.29, 1.82) is 0 Å². The molecule has 19 heteroatoms. The molecule has 17 nitrogen and oxygen atoms in total. The zero-order valence-corrected chi connectivity index (χ0v) is 52.8. The van der Waals surface area contributed by atoms with Crippen LogP contribution in [0.4, 0.5) is 0 Å². The first-order chi connectivity index (χ1) is 38.7. The maximum Gasteiger partial charge on any atom is 0.472 e. The summed E-state index contributed by atoms with van der Waals surface area (Å²) in [7, 11) is -9.86. The number of aliphatic hydroxyl groups excluding tert-OH is 1. The SMILES string of the molecule is CCCCCCCCCCCCCCCCCCCCCC(=O)O[C@H](COC(=O)CCCCCCCCC)COP(=O)(O)OC[C@@H](O)COP(=O)(O)OC[C@@H](COC(=O)CCCCCCCCC)OC(=O)CCCCCCCCC. The van der Waals surface area contributed by atoms with Gasteiger partial charge < -0.3 is 33.8 Å². The van der Waals surface area contributed by atoms with Crippen molar-refractivity contribution in [3.63, 3.8) is 0 Å². The van der Waals surface area contributed by atoms with Gasteiger partial charge in [0, 0.05) is 25.7 Å². The fourth-order valence-electron chi connectivity index (χ4n) is 9.10. The number of carbonyl (C=O) groups is 4. The Hall–Kier alpha value is -1.94. The molecule has 3 N–H and O–H groups in total. The average molecular weight is 1190 g/mol. The highest BCUT2D eigenvalue weighted by Crippen LogP contribution is 2.45. The molecule has 0 saturated carbocycles. The Morgan fingerprint density at radius 2 is 0.500 bits per heavy atom. The zero-order chi connectivity index (χ0) is 59.1. The van der Waals surface area contributed by atoms with Gasteiger partial charge in [0.15, 0.2) is 12.2 Å². The van der Waals surface area contributed by atoms with Crippen LogP contribution in [0.3, 0.4) is 0 Å². The van der Waals surface area contributed by atoms with Crippen LogP contribution in [-0.4, -0.2) is 96.7 Å². The summed E-state index contributed by atoms with van der Waals surface area (Å²) in [4.78, 5) is 71.7. The van der Waals surface area contributed by atoms with Crippen molar-refractivity contribution in [2.75, 3.05) is 39.6 Å². The van der Waals surface area contributed by atoms with Crippen LogP contribution < -0.4 is 0 Å². The summed E-state index contributed by atoms with van der Waals surface area (Å²) < 4.78 is 67.6. The van der Waals surface area contributed by atoms with Gasteiger partial charge in [0.2, 0.25) is 0 Å². The highest BCUT2D eigenvalue weighted by molar-refractivity contribution is 7.47. The second-order valence-electron chi connectivity index (χ2n) is 22.1. The van der Waals surface area contributed by atoms with Gasteiger partial charge in [-0.1, -0.05) is 259 Å². The smallest absolute Gasteiger partial charge is 0.462 e. The third kappa shape index (κ3) is 55.3. The first kappa shape index (κ1) is 78.1. The molecule has 80 heavy (non-hydrogen) atoms. The molecule has 0 aromatic heterocycles. The van der Waals surface area contributed by atoms with Crippen molar-refractivity contribution in [3.8, 4) is 0 Å². The van der Waals surface area contributed by atoms with Gasteiger partial charge in [-0.05, 0) is 25.7 Å². The van der Waals surface area contributed by atoms with Crippen LogP contribution >= 0.6 is 15.6 Å². The van der Waals surface area contributed by atoms with Gasteiger partial charge in [-0.3, -0.25) is 37.3 Å². The molecule has 474 valence electrons. The van der Waals surface area contributed by atoms with Crippen LogP contribution in [0.5, 0.6) is 0 Å².